The number of nitrogens with zero attached hydrogens (tertiary/aromatic N) is 1. The van der Waals surface area contributed by atoms with Crippen molar-refractivity contribution in [3.63, 3.8) is 0 Å². The van der Waals surface area contributed by atoms with Gasteiger partial charge in [0.05, 0.1) is 25.7 Å². The number of fused-ring (bicyclic) bond motifs is 1. The number of likely N-dealkylation sites (N-methyl/N-ethyl adjacent to an activating group) is 1. The fourth-order valence-electron chi connectivity index (χ4n) is 4.01. The Morgan fingerprint density at radius 3 is 2.67 bits per heavy atom. The fraction of sp³-hybridized carbons (Fsp3) is 0.480. The minimum absolute atomic E-state index is 0.396. The molecule has 1 aliphatic heterocycles. The molecule has 1 aliphatic rings. The number of methoxy groups -OCH3 is 2. The first-order valence-corrected chi connectivity index (χ1v) is 11.9. The molecule has 0 aliphatic carbocycles. The quantitative estimate of drug-likeness (QED) is 0.395. The number of hydrogen-bond acceptors (Lipinski definition) is 8. The van der Waals surface area contributed by atoms with Gasteiger partial charge >= 0.3 is 5.97 Å². The molecule has 3 rings (SSSR count). The minimum atomic E-state index is -0.877. The van der Waals surface area contributed by atoms with Crippen LogP contribution >= 0.6 is 11.8 Å². The first-order valence-electron chi connectivity index (χ1n) is 11.1. The Hall–Kier alpha value is -2.42. The van der Waals surface area contributed by atoms with Crippen molar-refractivity contribution >= 4 is 17.7 Å². The predicted molar refractivity (Wildman–Crippen MR) is 129 cm³/mol. The molecule has 1 heterocycles. The first-order chi connectivity index (χ1) is 15.9. The highest BCUT2D eigenvalue weighted by Crippen LogP contribution is 2.46. The summed E-state index contributed by atoms with van der Waals surface area (Å²) in [6.45, 7) is 4.08. The van der Waals surface area contributed by atoms with E-state index in [1.54, 1.807) is 14.2 Å². The lowest BCUT2D eigenvalue weighted by Gasteiger charge is -2.28. The fourth-order valence-corrected chi connectivity index (χ4v) is 5.45. The molecule has 7 nitrogen and oxygen atoms in total. The van der Waals surface area contributed by atoms with Gasteiger partial charge in [-0.1, -0.05) is 12.1 Å². The van der Waals surface area contributed by atoms with Crippen LogP contribution in [0.5, 0.6) is 17.2 Å². The van der Waals surface area contributed by atoms with E-state index in [1.807, 2.05) is 43.3 Å². The highest BCUT2D eigenvalue weighted by atomic mass is 32.2. The van der Waals surface area contributed by atoms with Crippen molar-refractivity contribution in [2.75, 3.05) is 41.0 Å². The zero-order valence-electron chi connectivity index (χ0n) is 19.8. The van der Waals surface area contributed by atoms with Gasteiger partial charge in [-0.25, -0.2) is 4.79 Å². The molecule has 1 atom stereocenters. The van der Waals surface area contributed by atoms with Gasteiger partial charge in [0.1, 0.15) is 10.5 Å². The van der Waals surface area contributed by atoms with E-state index in [0.29, 0.717) is 19.4 Å². The number of carbonyl (C=O) groups excluding carboxylic acids is 1. The smallest absolute Gasteiger partial charge is 0.358 e. The van der Waals surface area contributed by atoms with Crippen LogP contribution in [-0.2, 0) is 16.1 Å². The summed E-state index contributed by atoms with van der Waals surface area (Å²) in [6, 6.07) is 11.9. The van der Waals surface area contributed by atoms with Gasteiger partial charge in [-0.3, -0.25) is 4.89 Å². The van der Waals surface area contributed by atoms with Crippen LogP contribution in [0, 0.1) is 6.92 Å². The third-order valence-corrected chi connectivity index (χ3v) is 7.48. The molecule has 8 heteroatoms. The predicted octanol–water partition coefficient (Wildman–Crippen LogP) is 4.60. The number of benzene rings is 2. The molecular weight excluding hydrogens is 442 g/mol. The van der Waals surface area contributed by atoms with Crippen LogP contribution in [0.2, 0.25) is 0 Å². The van der Waals surface area contributed by atoms with Gasteiger partial charge in [0, 0.05) is 13.0 Å². The van der Waals surface area contributed by atoms with Crippen molar-refractivity contribution in [2.45, 2.75) is 42.2 Å². The number of aryl methyl sites for hydroxylation is 1. The summed E-state index contributed by atoms with van der Waals surface area (Å²) in [6.07, 6.45) is 2.70. The summed E-state index contributed by atoms with van der Waals surface area (Å²) in [5.41, 5.74) is 2.26. The van der Waals surface area contributed by atoms with Crippen molar-refractivity contribution in [3.8, 4) is 17.2 Å². The summed E-state index contributed by atoms with van der Waals surface area (Å²) in [5.74, 6) is 1.60. The van der Waals surface area contributed by atoms with Crippen LogP contribution in [0.3, 0.4) is 0 Å². The Kier molecular flexibility index (Phi) is 8.88. The number of ether oxygens (including phenoxy) is 3. The van der Waals surface area contributed by atoms with Crippen molar-refractivity contribution in [1.29, 1.82) is 0 Å². The van der Waals surface area contributed by atoms with Gasteiger partial charge in [-0.15, -0.1) is 11.8 Å². The standard InChI is InChI=1S/C25H33NO6S/c1-18-6-8-21-23(16-18)33-25(12-15-31-21,24(27)32-28)11-5-13-26(2)14-10-19-7-9-20(29-3)22(17-19)30-4/h6-9,16-17,28H,5,10-15H2,1-4H3. The van der Waals surface area contributed by atoms with Gasteiger partial charge in [0.25, 0.3) is 0 Å². The van der Waals surface area contributed by atoms with Gasteiger partial charge in [-0.05, 0) is 75.2 Å². The maximum atomic E-state index is 12.7. The highest BCUT2D eigenvalue weighted by Gasteiger charge is 2.43. The normalized spacial score (nSPS) is 17.6. The molecule has 0 amide bonds. The molecule has 0 bridgehead atoms. The minimum Gasteiger partial charge on any atom is -0.493 e. The molecule has 0 aromatic heterocycles. The largest absolute Gasteiger partial charge is 0.493 e. The number of rotatable bonds is 10. The van der Waals surface area contributed by atoms with Crippen LogP contribution in [0.4, 0.5) is 0 Å². The van der Waals surface area contributed by atoms with E-state index in [0.717, 1.165) is 53.6 Å². The van der Waals surface area contributed by atoms with Gasteiger partial charge in [-0.2, -0.15) is 5.26 Å². The van der Waals surface area contributed by atoms with Gasteiger partial charge in [0.15, 0.2) is 11.5 Å². The second kappa shape index (κ2) is 11.6. The van der Waals surface area contributed by atoms with Crippen molar-refractivity contribution in [3.05, 3.63) is 47.5 Å². The van der Waals surface area contributed by atoms with Crippen molar-refractivity contribution in [2.24, 2.45) is 0 Å². The monoisotopic (exact) mass is 475 g/mol. The molecule has 2 aromatic rings. The number of thioether (sulfide) groups is 1. The van der Waals surface area contributed by atoms with Crippen LogP contribution in [0.15, 0.2) is 41.3 Å². The Labute approximate surface area is 199 Å². The maximum absolute atomic E-state index is 12.7. The van der Waals surface area contributed by atoms with E-state index in [9.17, 15) is 10.1 Å². The van der Waals surface area contributed by atoms with Crippen molar-refractivity contribution in [1.82, 2.24) is 4.90 Å². The van der Waals surface area contributed by atoms with Gasteiger partial charge < -0.3 is 19.1 Å². The Bertz CT molecular complexity index is 952. The lowest BCUT2D eigenvalue weighted by atomic mass is 9.98. The molecular formula is C25H33NO6S. The third kappa shape index (κ3) is 6.34. The Morgan fingerprint density at radius 2 is 1.94 bits per heavy atom. The SMILES string of the molecule is COc1ccc(CCN(C)CCCC2(C(=O)OO)CCOc3ccc(C)cc3S2)cc1OC. The molecule has 0 saturated heterocycles. The first kappa shape index (κ1) is 25.2. The summed E-state index contributed by atoms with van der Waals surface area (Å²) >= 11 is 1.44. The van der Waals surface area contributed by atoms with E-state index in [4.69, 9.17) is 14.2 Å². The van der Waals surface area contributed by atoms with Crippen LogP contribution in [0.1, 0.15) is 30.4 Å². The molecule has 180 valence electrons. The lowest BCUT2D eigenvalue weighted by Crippen LogP contribution is -2.38. The molecule has 0 fully saturated rings. The second-order valence-corrected chi connectivity index (χ2v) is 9.80. The Balaban J connectivity index is 1.59. The number of hydrogen-bond donors (Lipinski definition) is 1. The lowest BCUT2D eigenvalue weighted by molar-refractivity contribution is -0.237. The zero-order chi connectivity index (χ0) is 23.8. The molecule has 0 spiro atoms. The number of carbonyl (C=O) groups is 1. The topological polar surface area (TPSA) is 77.5 Å². The molecule has 0 radical (unpaired) electrons. The third-order valence-electron chi connectivity index (χ3n) is 5.97. The van der Waals surface area contributed by atoms with Gasteiger partial charge in [0.2, 0.25) is 0 Å². The maximum Gasteiger partial charge on any atom is 0.358 e. The average Bonchev–Trinajstić information content (AvgIpc) is 3.01. The summed E-state index contributed by atoms with van der Waals surface area (Å²) in [5, 5.41) is 9.21. The molecule has 2 aromatic carbocycles. The molecule has 1 N–H and O–H groups in total. The molecule has 0 saturated carbocycles. The van der Waals surface area contributed by atoms with E-state index >= 15 is 0 Å². The second-order valence-electron chi connectivity index (χ2n) is 8.37. The van der Waals surface area contributed by atoms with Crippen LogP contribution in [0.25, 0.3) is 0 Å². The van der Waals surface area contributed by atoms with E-state index in [1.165, 1.54) is 17.3 Å². The zero-order valence-corrected chi connectivity index (χ0v) is 20.6. The molecule has 33 heavy (non-hydrogen) atoms. The highest BCUT2D eigenvalue weighted by molar-refractivity contribution is 8.01. The average molecular weight is 476 g/mol. The molecule has 1 unspecified atom stereocenters. The summed E-state index contributed by atoms with van der Waals surface area (Å²) in [7, 11) is 5.33. The summed E-state index contributed by atoms with van der Waals surface area (Å²) < 4.78 is 15.7. The van der Waals surface area contributed by atoms with Crippen molar-refractivity contribution < 1.29 is 29.1 Å². The summed E-state index contributed by atoms with van der Waals surface area (Å²) in [4.78, 5) is 20.0. The Morgan fingerprint density at radius 1 is 1.15 bits per heavy atom. The van der Waals surface area contributed by atoms with Crippen LogP contribution in [-0.4, -0.2) is 61.8 Å². The van der Waals surface area contributed by atoms with E-state index in [2.05, 4.69) is 16.8 Å². The van der Waals surface area contributed by atoms with E-state index in [-0.39, 0.29) is 0 Å². The van der Waals surface area contributed by atoms with E-state index < -0.39 is 10.7 Å². The van der Waals surface area contributed by atoms with Crippen LogP contribution < -0.4 is 14.2 Å².